The number of pyridine rings is 1. The Kier molecular flexibility index (Phi) is 5.05. The number of hydrogen-bond acceptors (Lipinski definition) is 4. The predicted molar refractivity (Wildman–Crippen MR) is 80.9 cm³/mol. The van der Waals surface area contributed by atoms with E-state index in [0.29, 0.717) is 13.1 Å². The van der Waals surface area contributed by atoms with Crippen LogP contribution in [-0.2, 0) is 16.6 Å². The Morgan fingerprint density at radius 1 is 1.10 bits per heavy atom. The zero-order valence-electron chi connectivity index (χ0n) is 11.5. The Morgan fingerprint density at radius 2 is 1.90 bits per heavy atom. The molecular weight excluding hydrogens is 274 g/mol. The molecule has 0 aliphatic heterocycles. The Labute approximate surface area is 119 Å². The van der Waals surface area contributed by atoms with E-state index in [4.69, 9.17) is 0 Å². The molecule has 2 aromatic rings. The third kappa shape index (κ3) is 4.88. The van der Waals surface area contributed by atoms with E-state index >= 15 is 0 Å². The van der Waals surface area contributed by atoms with Crippen LogP contribution in [0.25, 0.3) is 10.9 Å². The van der Waals surface area contributed by atoms with Crippen LogP contribution in [0.2, 0.25) is 0 Å². The summed E-state index contributed by atoms with van der Waals surface area (Å²) in [5, 5.41) is 4.39. The van der Waals surface area contributed by atoms with Crippen LogP contribution in [0.5, 0.6) is 0 Å². The number of para-hydroxylation sites is 1. The first-order valence-corrected chi connectivity index (χ1v) is 8.44. The highest BCUT2D eigenvalue weighted by Crippen LogP contribution is 2.11. The number of fused-ring (bicyclic) bond motifs is 1. The van der Waals surface area contributed by atoms with Gasteiger partial charge in [0.25, 0.3) is 0 Å². The van der Waals surface area contributed by atoms with E-state index in [1.165, 1.54) is 6.26 Å². The summed E-state index contributed by atoms with van der Waals surface area (Å²) in [5.41, 5.74) is 1.98. The molecule has 0 spiro atoms. The molecule has 0 unspecified atom stereocenters. The Balaban J connectivity index is 1.76. The number of nitrogens with zero attached hydrogens (tertiary/aromatic N) is 1. The number of benzene rings is 1. The number of sulfonamides is 1. The molecule has 0 saturated heterocycles. The van der Waals surface area contributed by atoms with Gasteiger partial charge in [-0.05, 0) is 25.1 Å². The van der Waals surface area contributed by atoms with Crippen molar-refractivity contribution in [3.63, 3.8) is 0 Å². The molecule has 5 nitrogen and oxygen atoms in total. The molecule has 2 N–H and O–H groups in total. The highest BCUT2D eigenvalue weighted by atomic mass is 32.2. The van der Waals surface area contributed by atoms with Crippen molar-refractivity contribution in [3.8, 4) is 0 Å². The maximum Gasteiger partial charge on any atom is 0.208 e. The van der Waals surface area contributed by atoms with Gasteiger partial charge in [-0.2, -0.15) is 0 Å². The average molecular weight is 293 g/mol. The van der Waals surface area contributed by atoms with Gasteiger partial charge in [-0.3, -0.25) is 4.98 Å². The van der Waals surface area contributed by atoms with E-state index in [9.17, 15) is 8.42 Å². The third-order valence-electron chi connectivity index (χ3n) is 2.86. The number of rotatable bonds is 7. The molecule has 0 amide bonds. The van der Waals surface area contributed by atoms with Gasteiger partial charge in [-0.1, -0.05) is 24.3 Å². The van der Waals surface area contributed by atoms with Crippen LogP contribution < -0.4 is 10.0 Å². The molecule has 1 aromatic carbocycles. The fourth-order valence-electron chi connectivity index (χ4n) is 1.89. The molecule has 0 aliphatic carbocycles. The summed E-state index contributed by atoms with van der Waals surface area (Å²) in [6.07, 6.45) is 1.92. The quantitative estimate of drug-likeness (QED) is 0.754. The average Bonchev–Trinajstić information content (AvgIpc) is 2.41. The molecule has 1 aromatic heterocycles. The van der Waals surface area contributed by atoms with Crippen LogP contribution in [0.3, 0.4) is 0 Å². The molecule has 0 aliphatic rings. The van der Waals surface area contributed by atoms with Crippen LogP contribution in [0, 0.1) is 0 Å². The van der Waals surface area contributed by atoms with Crippen molar-refractivity contribution in [2.45, 2.75) is 13.0 Å². The second-order valence-corrected chi connectivity index (χ2v) is 6.53. The second kappa shape index (κ2) is 6.78. The van der Waals surface area contributed by atoms with Crippen molar-refractivity contribution >= 4 is 20.9 Å². The molecule has 0 atom stereocenters. The first-order valence-electron chi connectivity index (χ1n) is 6.55. The van der Waals surface area contributed by atoms with Crippen LogP contribution >= 0.6 is 0 Å². The Hall–Kier alpha value is -1.50. The standard InChI is InChI=1S/C14H19N3O2S/c1-20(18,19)16-10-4-9-15-11-13-8-7-12-5-2-3-6-14(12)17-13/h2-3,5-8,15-16H,4,9-11H2,1H3. The lowest BCUT2D eigenvalue weighted by Gasteiger charge is -2.06. The van der Waals surface area contributed by atoms with Crippen LogP contribution in [0.4, 0.5) is 0 Å². The third-order valence-corrected chi connectivity index (χ3v) is 3.59. The van der Waals surface area contributed by atoms with E-state index in [1.807, 2.05) is 30.3 Å². The topological polar surface area (TPSA) is 71.1 Å². The maximum atomic E-state index is 10.9. The van der Waals surface area contributed by atoms with Gasteiger partial charge in [-0.15, -0.1) is 0 Å². The lowest BCUT2D eigenvalue weighted by atomic mass is 10.2. The molecule has 20 heavy (non-hydrogen) atoms. The summed E-state index contributed by atoms with van der Waals surface area (Å²) < 4.78 is 24.2. The smallest absolute Gasteiger partial charge is 0.208 e. The summed E-state index contributed by atoms with van der Waals surface area (Å²) in [5.74, 6) is 0. The molecule has 0 radical (unpaired) electrons. The van der Waals surface area contributed by atoms with Gasteiger partial charge in [0.15, 0.2) is 0 Å². The lowest BCUT2D eigenvalue weighted by Crippen LogP contribution is -2.26. The maximum absolute atomic E-state index is 10.9. The second-order valence-electron chi connectivity index (χ2n) is 4.69. The van der Waals surface area contributed by atoms with Crippen molar-refractivity contribution in [1.82, 2.24) is 15.0 Å². The summed E-state index contributed by atoms with van der Waals surface area (Å²) >= 11 is 0. The van der Waals surface area contributed by atoms with Gasteiger partial charge in [0.05, 0.1) is 17.5 Å². The molecule has 6 heteroatoms. The van der Waals surface area contributed by atoms with Gasteiger partial charge in [0, 0.05) is 18.5 Å². The minimum absolute atomic E-state index is 0.455. The summed E-state index contributed by atoms with van der Waals surface area (Å²) in [7, 11) is -3.08. The van der Waals surface area contributed by atoms with E-state index in [2.05, 4.69) is 21.1 Å². The molecule has 0 fully saturated rings. The minimum Gasteiger partial charge on any atom is -0.311 e. The van der Waals surface area contributed by atoms with E-state index in [1.54, 1.807) is 0 Å². The zero-order chi connectivity index (χ0) is 14.4. The molecule has 2 rings (SSSR count). The fourth-order valence-corrected chi connectivity index (χ4v) is 2.41. The summed E-state index contributed by atoms with van der Waals surface area (Å²) in [6, 6.07) is 12.1. The van der Waals surface area contributed by atoms with Gasteiger partial charge in [-0.25, -0.2) is 13.1 Å². The van der Waals surface area contributed by atoms with Gasteiger partial charge < -0.3 is 5.32 Å². The van der Waals surface area contributed by atoms with Gasteiger partial charge in [0.1, 0.15) is 0 Å². The van der Waals surface area contributed by atoms with Crippen molar-refractivity contribution < 1.29 is 8.42 Å². The van der Waals surface area contributed by atoms with Crippen molar-refractivity contribution in [3.05, 3.63) is 42.1 Å². The highest BCUT2D eigenvalue weighted by Gasteiger charge is 2.00. The van der Waals surface area contributed by atoms with Crippen molar-refractivity contribution in [2.75, 3.05) is 19.3 Å². The van der Waals surface area contributed by atoms with Gasteiger partial charge in [0.2, 0.25) is 10.0 Å². The molecule has 1 heterocycles. The highest BCUT2D eigenvalue weighted by molar-refractivity contribution is 7.88. The first-order chi connectivity index (χ1) is 9.54. The van der Waals surface area contributed by atoms with Crippen LogP contribution in [-0.4, -0.2) is 32.7 Å². The normalized spacial score (nSPS) is 11.8. The SMILES string of the molecule is CS(=O)(=O)NCCCNCc1ccc2ccccc2n1. The number of nitrogens with one attached hydrogen (secondary N) is 2. The zero-order valence-corrected chi connectivity index (χ0v) is 12.3. The van der Waals surface area contributed by atoms with Crippen molar-refractivity contribution in [2.24, 2.45) is 0 Å². The fraction of sp³-hybridized carbons (Fsp3) is 0.357. The minimum atomic E-state index is -3.08. The van der Waals surface area contributed by atoms with Crippen LogP contribution in [0.1, 0.15) is 12.1 Å². The first kappa shape index (κ1) is 14.9. The molecular formula is C14H19N3O2S. The van der Waals surface area contributed by atoms with E-state index < -0.39 is 10.0 Å². The molecule has 108 valence electrons. The largest absolute Gasteiger partial charge is 0.311 e. The van der Waals surface area contributed by atoms with E-state index in [0.717, 1.165) is 29.6 Å². The number of aromatic nitrogens is 1. The van der Waals surface area contributed by atoms with Gasteiger partial charge >= 0.3 is 0 Å². The van der Waals surface area contributed by atoms with Crippen LogP contribution in [0.15, 0.2) is 36.4 Å². The summed E-state index contributed by atoms with van der Waals surface area (Å²) in [6.45, 7) is 1.89. The van der Waals surface area contributed by atoms with E-state index in [-0.39, 0.29) is 0 Å². The lowest BCUT2D eigenvalue weighted by molar-refractivity contribution is 0.578. The number of hydrogen-bond donors (Lipinski definition) is 2. The van der Waals surface area contributed by atoms with Crippen molar-refractivity contribution in [1.29, 1.82) is 0 Å². The molecule has 0 bridgehead atoms. The molecule has 0 saturated carbocycles. The monoisotopic (exact) mass is 293 g/mol. The Morgan fingerprint density at radius 3 is 2.70 bits per heavy atom. The Bertz CT molecular complexity index is 671. The predicted octanol–water partition coefficient (Wildman–Crippen LogP) is 1.26. The summed E-state index contributed by atoms with van der Waals surface area (Å²) in [4.78, 5) is 4.56.